The Morgan fingerprint density at radius 3 is 2.45 bits per heavy atom. The molecule has 11 nitrogen and oxygen atoms in total. The highest BCUT2D eigenvalue weighted by atomic mass is 35.5. The largest absolute Gasteiger partial charge is 0.459 e. The summed E-state index contributed by atoms with van der Waals surface area (Å²) in [6.07, 6.45) is 3.03. The standard InChI is InChI=1S/C26H30N4O7.ClH/c1-3-4-8-22(25(32)37-16-17-10-12-19(13-11-17)30(34)35)28-24(31)21(27)14-18-15-29(26(33)36-2)23-9-6-5-7-20(18)23;/h5-7,9-13,15,21-22H,3-4,8,14,16,27H2,1-2H3,(H,28,31);1H. The Hall–Kier alpha value is -3.96. The summed E-state index contributed by atoms with van der Waals surface area (Å²) in [6, 6.07) is 11.0. The van der Waals surface area contributed by atoms with E-state index in [4.69, 9.17) is 15.2 Å². The second-order valence-electron chi connectivity index (χ2n) is 8.56. The van der Waals surface area contributed by atoms with E-state index < -0.39 is 35.0 Å². The first-order valence-corrected chi connectivity index (χ1v) is 11.9. The summed E-state index contributed by atoms with van der Waals surface area (Å²) in [6.45, 7) is 1.87. The molecule has 2 aromatic carbocycles. The molecule has 0 saturated heterocycles. The highest BCUT2D eigenvalue weighted by Gasteiger charge is 2.26. The highest BCUT2D eigenvalue weighted by molar-refractivity contribution is 5.93. The Bertz CT molecular complexity index is 1280. The Labute approximate surface area is 225 Å². The molecule has 0 saturated carbocycles. The fourth-order valence-corrected chi connectivity index (χ4v) is 3.90. The van der Waals surface area contributed by atoms with E-state index in [0.717, 1.165) is 11.8 Å². The molecule has 38 heavy (non-hydrogen) atoms. The number of carbonyl (C=O) groups excluding carboxylic acids is 3. The van der Waals surface area contributed by atoms with E-state index in [-0.39, 0.29) is 31.1 Å². The van der Waals surface area contributed by atoms with Crippen LogP contribution in [0, 0.1) is 10.1 Å². The van der Waals surface area contributed by atoms with Gasteiger partial charge in [0.05, 0.1) is 23.6 Å². The van der Waals surface area contributed by atoms with Crippen molar-refractivity contribution in [3.63, 3.8) is 0 Å². The summed E-state index contributed by atoms with van der Waals surface area (Å²) in [4.78, 5) is 48.1. The lowest BCUT2D eigenvalue weighted by molar-refractivity contribution is -0.384. The first-order valence-electron chi connectivity index (χ1n) is 11.9. The van der Waals surface area contributed by atoms with Crippen molar-refractivity contribution < 1.29 is 28.8 Å². The minimum atomic E-state index is -0.983. The number of amides is 1. The summed E-state index contributed by atoms with van der Waals surface area (Å²) in [7, 11) is 1.28. The molecule has 3 rings (SSSR count). The molecule has 0 aliphatic heterocycles. The molecule has 1 aromatic heterocycles. The Morgan fingerprint density at radius 2 is 1.82 bits per heavy atom. The second-order valence-corrected chi connectivity index (χ2v) is 8.56. The van der Waals surface area contributed by atoms with Crippen LogP contribution in [0.5, 0.6) is 0 Å². The van der Waals surface area contributed by atoms with Gasteiger partial charge in [-0.2, -0.15) is 0 Å². The number of halogens is 1. The number of hydrogen-bond donors (Lipinski definition) is 2. The molecule has 0 radical (unpaired) electrons. The fourth-order valence-electron chi connectivity index (χ4n) is 3.90. The Morgan fingerprint density at radius 1 is 1.13 bits per heavy atom. The van der Waals surface area contributed by atoms with Crippen LogP contribution in [-0.4, -0.2) is 46.7 Å². The van der Waals surface area contributed by atoms with Crippen LogP contribution in [0.1, 0.15) is 37.3 Å². The predicted octanol–water partition coefficient (Wildman–Crippen LogP) is 3.87. The first kappa shape index (κ1) is 30.3. The molecular weight excluding hydrogens is 516 g/mol. The van der Waals surface area contributed by atoms with E-state index in [1.165, 1.54) is 35.9 Å². The van der Waals surface area contributed by atoms with Crippen LogP contribution in [0.15, 0.2) is 54.7 Å². The summed E-state index contributed by atoms with van der Waals surface area (Å²) < 4.78 is 11.6. The van der Waals surface area contributed by atoms with E-state index in [9.17, 15) is 24.5 Å². The number of hydrogen-bond acceptors (Lipinski definition) is 8. The molecule has 0 aliphatic rings. The van der Waals surface area contributed by atoms with Gasteiger partial charge in [-0.05, 0) is 42.2 Å². The normalized spacial score (nSPS) is 12.2. The monoisotopic (exact) mass is 546 g/mol. The molecular formula is C26H31ClN4O7. The van der Waals surface area contributed by atoms with Gasteiger partial charge in [0.25, 0.3) is 5.69 Å². The lowest BCUT2D eigenvalue weighted by Crippen LogP contribution is -2.49. The van der Waals surface area contributed by atoms with Crippen LogP contribution in [0.3, 0.4) is 0 Å². The molecule has 3 aromatic rings. The molecule has 1 heterocycles. The van der Waals surface area contributed by atoms with Crippen molar-refractivity contribution in [2.45, 2.75) is 51.3 Å². The molecule has 3 N–H and O–H groups in total. The molecule has 1 amide bonds. The van der Waals surface area contributed by atoms with Gasteiger partial charge in [-0.3, -0.25) is 19.5 Å². The number of carbonyl (C=O) groups is 3. The van der Waals surface area contributed by atoms with Gasteiger partial charge >= 0.3 is 12.1 Å². The third-order valence-electron chi connectivity index (χ3n) is 5.92. The summed E-state index contributed by atoms with van der Waals surface area (Å²) >= 11 is 0. The number of nitrogens with zero attached hydrogens (tertiary/aromatic N) is 2. The Kier molecular flexibility index (Phi) is 11.2. The lowest BCUT2D eigenvalue weighted by atomic mass is 10.0. The van der Waals surface area contributed by atoms with Crippen molar-refractivity contribution in [3.05, 3.63) is 76.0 Å². The predicted molar refractivity (Wildman–Crippen MR) is 143 cm³/mol. The quantitative estimate of drug-likeness (QED) is 0.208. The van der Waals surface area contributed by atoms with E-state index in [0.29, 0.717) is 29.5 Å². The van der Waals surface area contributed by atoms with Crippen LogP contribution < -0.4 is 11.1 Å². The topological polar surface area (TPSA) is 156 Å². The maximum atomic E-state index is 12.9. The number of benzene rings is 2. The first-order chi connectivity index (χ1) is 17.7. The highest BCUT2D eigenvalue weighted by Crippen LogP contribution is 2.23. The number of ether oxygens (including phenoxy) is 2. The molecule has 0 fully saturated rings. The van der Waals surface area contributed by atoms with Crippen LogP contribution >= 0.6 is 12.4 Å². The van der Waals surface area contributed by atoms with E-state index >= 15 is 0 Å². The zero-order valence-corrected chi connectivity index (χ0v) is 21.9. The van der Waals surface area contributed by atoms with E-state index in [1.807, 2.05) is 19.1 Å². The van der Waals surface area contributed by atoms with Gasteiger partial charge in [0.2, 0.25) is 5.91 Å². The van der Waals surface area contributed by atoms with E-state index in [1.54, 1.807) is 18.3 Å². The fraction of sp³-hybridized carbons (Fsp3) is 0.346. The zero-order valence-electron chi connectivity index (χ0n) is 21.1. The van der Waals surface area contributed by atoms with Crippen LogP contribution in [0.25, 0.3) is 10.9 Å². The van der Waals surface area contributed by atoms with Gasteiger partial charge in [0, 0.05) is 23.7 Å². The number of nitrogens with two attached hydrogens (primary N) is 1. The number of nitrogens with one attached hydrogen (secondary N) is 1. The van der Waals surface area contributed by atoms with Crippen molar-refractivity contribution in [1.82, 2.24) is 9.88 Å². The molecule has 2 unspecified atom stereocenters. The molecule has 0 spiro atoms. The molecule has 12 heteroatoms. The number of aromatic nitrogens is 1. The SMILES string of the molecule is CCCCC(NC(=O)C(N)Cc1cn(C(=O)OC)c2ccccc12)C(=O)OCc1ccc([N+](=O)[O-])cc1.Cl. The average molecular weight is 547 g/mol. The number of nitro groups is 1. The van der Waals surface area contributed by atoms with Crippen LogP contribution in [0.4, 0.5) is 10.5 Å². The van der Waals surface area contributed by atoms with Gasteiger partial charge in [0.1, 0.15) is 12.6 Å². The number of para-hydroxylation sites is 1. The van der Waals surface area contributed by atoms with Crippen molar-refractivity contribution in [2.24, 2.45) is 5.73 Å². The third kappa shape index (κ3) is 7.53. The maximum absolute atomic E-state index is 12.9. The second kappa shape index (κ2) is 14.1. The van der Waals surface area contributed by atoms with Crippen LogP contribution in [0.2, 0.25) is 0 Å². The minimum Gasteiger partial charge on any atom is -0.459 e. The zero-order chi connectivity index (χ0) is 26.9. The van der Waals surface area contributed by atoms with Crippen LogP contribution in [-0.2, 0) is 32.1 Å². The van der Waals surface area contributed by atoms with Gasteiger partial charge in [0.15, 0.2) is 0 Å². The van der Waals surface area contributed by atoms with Crippen molar-refractivity contribution in [3.8, 4) is 0 Å². The lowest BCUT2D eigenvalue weighted by Gasteiger charge is -2.20. The average Bonchev–Trinajstić information content (AvgIpc) is 3.27. The number of non-ortho nitro benzene ring substituents is 1. The summed E-state index contributed by atoms with van der Waals surface area (Å²) in [5.74, 6) is -1.14. The van der Waals surface area contributed by atoms with Crippen molar-refractivity contribution >= 4 is 47.0 Å². The number of nitro benzene ring substituents is 1. The maximum Gasteiger partial charge on any atom is 0.418 e. The molecule has 2 atom stereocenters. The number of unbranched alkanes of at least 4 members (excludes halogenated alkanes) is 1. The van der Waals surface area contributed by atoms with Crippen molar-refractivity contribution in [1.29, 1.82) is 0 Å². The summed E-state index contributed by atoms with van der Waals surface area (Å²) in [5.41, 5.74) is 8.03. The molecule has 204 valence electrons. The van der Waals surface area contributed by atoms with E-state index in [2.05, 4.69) is 5.32 Å². The molecule has 0 aliphatic carbocycles. The summed E-state index contributed by atoms with van der Waals surface area (Å²) in [5, 5.41) is 14.3. The van der Waals surface area contributed by atoms with Crippen molar-refractivity contribution in [2.75, 3.05) is 7.11 Å². The van der Waals surface area contributed by atoms with Gasteiger partial charge in [-0.25, -0.2) is 9.59 Å². The number of rotatable bonds is 11. The van der Waals surface area contributed by atoms with Gasteiger partial charge in [-0.15, -0.1) is 12.4 Å². The molecule has 0 bridgehead atoms. The number of methoxy groups -OCH3 is 1. The third-order valence-corrected chi connectivity index (χ3v) is 5.92. The Balaban J connectivity index is 0.00000507. The smallest absolute Gasteiger partial charge is 0.418 e. The number of fused-ring (bicyclic) bond motifs is 1. The van der Waals surface area contributed by atoms with Gasteiger partial charge in [-0.1, -0.05) is 38.0 Å². The minimum absolute atomic E-state index is 0. The number of esters is 1. The van der Waals surface area contributed by atoms with Gasteiger partial charge < -0.3 is 20.5 Å².